The second-order valence-electron chi connectivity index (χ2n) is 5.49. The Morgan fingerprint density at radius 1 is 0.917 bits per heavy atom. The zero-order valence-corrected chi connectivity index (χ0v) is 13.5. The first-order chi connectivity index (χ1) is 11.7. The van der Waals surface area contributed by atoms with E-state index in [1.165, 1.54) is 0 Å². The van der Waals surface area contributed by atoms with Crippen LogP contribution in [0.1, 0.15) is 10.4 Å². The van der Waals surface area contributed by atoms with Crippen molar-refractivity contribution in [2.75, 3.05) is 18.5 Å². The molecule has 1 amide bonds. The molecule has 0 saturated heterocycles. The molecule has 0 fully saturated rings. The van der Waals surface area contributed by atoms with Crippen molar-refractivity contribution >= 4 is 34.0 Å². The zero-order valence-electron chi connectivity index (χ0n) is 12.7. The molecule has 0 aromatic heterocycles. The Hall–Kier alpha value is -2.72. The van der Waals surface area contributed by atoms with Gasteiger partial charge in [0.2, 0.25) is 0 Å². The third kappa shape index (κ3) is 2.76. The molecule has 0 unspecified atom stereocenters. The van der Waals surface area contributed by atoms with Crippen molar-refractivity contribution < 1.29 is 14.3 Å². The first kappa shape index (κ1) is 14.8. The van der Waals surface area contributed by atoms with Gasteiger partial charge in [0.05, 0.1) is 10.7 Å². The summed E-state index contributed by atoms with van der Waals surface area (Å²) in [5.74, 6) is 0.953. The minimum absolute atomic E-state index is 0.223. The fraction of sp³-hybridized carbons (Fsp3) is 0.105. The highest BCUT2D eigenvalue weighted by atomic mass is 35.5. The molecule has 0 bridgehead atoms. The molecule has 0 aliphatic carbocycles. The summed E-state index contributed by atoms with van der Waals surface area (Å²) in [5, 5.41) is 5.35. The van der Waals surface area contributed by atoms with Crippen LogP contribution in [0, 0.1) is 0 Å². The van der Waals surface area contributed by atoms with Crippen LogP contribution in [0.3, 0.4) is 0 Å². The van der Waals surface area contributed by atoms with Crippen LogP contribution in [0.5, 0.6) is 11.5 Å². The van der Waals surface area contributed by atoms with Gasteiger partial charge >= 0.3 is 0 Å². The molecule has 1 heterocycles. The van der Waals surface area contributed by atoms with E-state index in [4.69, 9.17) is 21.1 Å². The number of carbonyl (C=O) groups is 1. The van der Waals surface area contributed by atoms with E-state index in [0.717, 1.165) is 10.8 Å². The average Bonchev–Trinajstić information content (AvgIpc) is 2.62. The van der Waals surface area contributed by atoms with Gasteiger partial charge in [-0.2, -0.15) is 0 Å². The molecular weight excluding hydrogens is 326 g/mol. The lowest BCUT2D eigenvalue weighted by Crippen LogP contribution is -2.17. The molecule has 4 rings (SSSR count). The van der Waals surface area contributed by atoms with E-state index < -0.39 is 0 Å². The second-order valence-corrected chi connectivity index (χ2v) is 5.90. The minimum Gasteiger partial charge on any atom is -0.486 e. The van der Waals surface area contributed by atoms with Crippen molar-refractivity contribution in [2.24, 2.45) is 0 Å². The van der Waals surface area contributed by atoms with Gasteiger partial charge in [0.1, 0.15) is 13.2 Å². The van der Waals surface area contributed by atoms with Crippen molar-refractivity contribution in [1.82, 2.24) is 0 Å². The Kier molecular flexibility index (Phi) is 3.75. The number of nitrogens with one attached hydrogen (secondary N) is 1. The Bertz CT molecular complexity index is 939. The smallest absolute Gasteiger partial charge is 0.255 e. The number of anilines is 1. The third-order valence-corrected chi connectivity index (χ3v) is 4.20. The maximum Gasteiger partial charge on any atom is 0.255 e. The summed E-state index contributed by atoms with van der Waals surface area (Å²) < 4.78 is 11.0. The number of ether oxygens (including phenoxy) is 2. The highest BCUT2D eigenvalue weighted by Gasteiger charge is 2.17. The predicted molar refractivity (Wildman–Crippen MR) is 94.3 cm³/mol. The normalized spacial score (nSPS) is 12.9. The SMILES string of the molecule is O=C(Nc1cc2c(cc1Cl)OCCO2)c1ccc2ccccc2c1. The van der Waals surface area contributed by atoms with Crippen LogP contribution in [0.2, 0.25) is 5.02 Å². The Labute approximate surface area is 144 Å². The van der Waals surface area contributed by atoms with Crippen molar-refractivity contribution in [3.05, 3.63) is 65.2 Å². The standard InChI is InChI=1S/C19H14ClNO3/c20-15-10-17-18(24-8-7-23-17)11-16(15)21-19(22)14-6-5-12-3-1-2-4-13(12)9-14/h1-6,9-11H,7-8H2,(H,21,22). The fourth-order valence-electron chi connectivity index (χ4n) is 2.68. The molecule has 5 heteroatoms. The second kappa shape index (κ2) is 6.06. The number of rotatable bonds is 2. The van der Waals surface area contributed by atoms with Crippen LogP contribution in [-0.2, 0) is 0 Å². The summed E-state index contributed by atoms with van der Waals surface area (Å²) in [7, 11) is 0. The number of hydrogen-bond donors (Lipinski definition) is 1. The summed E-state index contributed by atoms with van der Waals surface area (Å²) in [6.45, 7) is 0.971. The summed E-state index contributed by atoms with van der Waals surface area (Å²) in [5.41, 5.74) is 1.07. The average molecular weight is 340 g/mol. The Balaban J connectivity index is 1.63. The summed E-state index contributed by atoms with van der Waals surface area (Å²) >= 11 is 6.24. The molecule has 0 saturated carbocycles. The van der Waals surface area contributed by atoms with Gasteiger partial charge in [0, 0.05) is 17.7 Å². The molecule has 120 valence electrons. The lowest BCUT2D eigenvalue weighted by atomic mass is 10.1. The number of hydrogen-bond acceptors (Lipinski definition) is 3. The zero-order chi connectivity index (χ0) is 16.5. The van der Waals surface area contributed by atoms with Crippen LogP contribution in [0.25, 0.3) is 10.8 Å². The monoisotopic (exact) mass is 339 g/mol. The van der Waals surface area contributed by atoms with E-state index in [1.807, 2.05) is 36.4 Å². The third-order valence-electron chi connectivity index (χ3n) is 3.89. The topological polar surface area (TPSA) is 47.6 Å². The van der Waals surface area contributed by atoms with E-state index in [0.29, 0.717) is 41.0 Å². The lowest BCUT2D eigenvalue weighted by molar-refractivity contribution is 0.102. The van der Waals surface area contributed by atoms with Crippen LogP contribution >= 0.6 is 11.6 Å². The molecular formula is C19H14ClNO3. The van der Waals surface area contributed by atoms with Crippen LogP contribution in [-0.4, -0.2) is 19.1 Å². The van der Waals surface area contributed by atoms with Crippen LogP contribution in [0.15, 0.2) is 54.6 Å². The first-order valence-corrected chi connectivity index (χ1v) is 7.98. The Morgan fingerprint density at radius 3 is 2.42 bits per heavy atom. The van der Waals surface area contributed by atoms with Gasteiger partial charge in [-0.25, -0.2) is 0 Å². The molecule has 1 aliphatic rings. The van der Waals surface area contributed by atoms with Gasteiger partial charge in [-0.15, -0.1) is 0 Å². The largest absolute Gasteiger partial charge is 0.486 e. The molecule has 1 aliphatic heterocycles. The first-order valence-electron chi connectivity index (χ1n) is 7.60. The number of benzene rings is 3. The van der Waals surface area contributed by atoms with Gasteiger partial charge in [0.25, 0.3) is 5.91 Å². The van der Waals surface area contributed by atoms with Gasteiger partial charge < -0.3 is 14.8 Å². The summed E-state index contributed by atoms with van der Waals surface area (Å²) in [6, 6.07) is 16.8. The van der Waals surface area contributed by atoms with Crippen LogP contribution in [0.4, 0.5) is 5.69 Å². The molecule has 1 N–H and O–H groups in total. The lowest BCUT2D eigenvalue weighted by Gasteiger charge is -2.20. The fourth-order valence-corrected chi connectivity index (χ4v) is 2.89. The van der Waals surface area contributed by atoms with E-state index in [1.54, 1.807) is 18.2 Å². The molecule has 24 heavy (non-hydrogen) atoms. The van der Waals surface area contributed by atoms with Gasteiger partial charge in [0.15, 0.2) is 11.5 Å². The van der Waals surface area contributed by atoms with Gasteiger partial charge in [-0.3, -0.25) is 4.79 Å². The predicted octanol–water partition coefficient (Wildman–Crippen LogP) is 4.52. The van der Waals surface area contributed by atoms with Crippen LogP contribution < -0.4 is 14.8 Å². The quantitative estimate of drug-likeness (QED) is 0.747. The molecule has 4 nitrogen and oxygen atoms in total. The number of amides is 1. The van der Waals surface area contributed by atoms with E-state index in [-0.39, 0.29) is 5.91 Å². The van der Waals surface area contributed by atoms with E-state index in [2.05, 4.69) is 5.32 Å². The van der Waals surface area contributed by atoms with Crippen molar-refractivity contribution in [3.63, 3.8) is 0 Å². The highest BCUT2D eigenvalue weighted by molar-refractivity contribution is 6.34. The number of halogens is 1. The molecule has 3 aromatic carbocycles. The molecule has 3 aromatic rings. The maximum absolute atomic E-state index is 12.5. The highest BCUT2D eigenvalue weighted by Crippen LogP contribution is 2.38. The maximum atomic E-state index is 12.5. The van der Waals surface area contributed by atoms with Crippen molar-refractivity contribution in [1.29, 1.82) is 0 Å². The minimum atomic E-state index is -0.223. The number of fused-ring (bicyclic) bond motifs is 2. The van der Waals surface area contributed by atoms with E-state index in [9.17, 15) is 4.79 Å². The number of carbonyl (C=O) groups excluding carboxylic acids is 1. The van der Waals surface area contributed by atoms with Gasteiger partial charge in [-0.05, 0) is 22.9 Å². The molecule has 0 spiro atoms. The van der Waals surface area contributed by atoms with Gasteiger partial charge in [-0.1, -0.05) is 41.9 Å². The Morgan fingerprint density at radius 2 is 1.62 bits per heavy atom. The van der Waals surface area contributed by atoms with Crippen molar-refractivity contribution in [3.8, 4) is 11.5 Å². The van der Waals surface area contributed by atoms with E-state index >= 15 is 0 Å². The summed E-state index contributed by atoms with van der Waals surface area (Å²) in [4.78, 5) is 12.5. The molecule has 0 radical (unpaired) electrons. The van der Waals surface area contributed by atoms with Crippen molar-refractivity contribution in [2.45, 2.75) is 0 Å². The summed E-state index contributed by atoms with van der Waals surface area (Å²) in [6.07, 6.45) is 0. The molecule has 0 atom stereocenters.